The summed E-state index contributed by atoms with van der Waals surface area (Å²) in [5, 5.41) is 6.81. The minimum Gasteiger partial charge on any atom is -0.355 e. The van der Waals surface area contributed by atoms with Gasteiger partial charge >= 0.3 is 0 Å². The maximum Gasteiger partial charge on any atom is 0.227 e. The average molecular weight is 250 g/mol. The van der Waals surface area contributed by atoms with E-state index >= 15 is 0 Å². The minimum atomic E-state index is -0.0932. The van der Waals surface area contributed by atoms with Crippen LogP contribution in [0.15, 0.2) is 12.4 Å². The number of rotatable bonds is 3. The minimum absolute atomic E-state index is 0.0361. The van der Waals surface area contributed by atoms with Crippen LogP contribution in [0.3, 0.4) is 0 Å². The summed E-state index contributed by atoms with van der Waals surface area (Å²) in [6.07, 6.45) is 4.73. The van der Waals surface area contributed by atoms with Crippen molar-refractivity contribution in [3.63, 3.8) is 0 Å². The second kappa shape index (κ2) is 5.20. The highest BCUT2D eigenvalue weighted by Crippen LogP contribution is 2.14. The van der Waals surface area contributed by atoms with Crippen molar-refractivity contribution < 1.29 is 9.59 Å². The molecule has 0 bridgehead atoms. The molecule has 6 heteroatoms. The van der Waals surface area contributed by atoms with Crippen LogP contribution in [0.2, 0.25) is 0 Å². The van der Waals surface area contributed by atoms with E-state index in [0.717, 1.165) is 5.56 Å². The van der Waals surface area contributed by atoms with E-state index in [-0.39, 0.29) is 17.7 Å². The molecule has 1 aliphatic heterocycles. The molecule has 1 fully saturated rings. The third kappa shape index (κ3) is 2.88. The standard InChI is InChI=1S/C12H18N4O2/c1-15(7-9-5-14-16(2)8-9)12(18)10-3-4-11(17)13-6-10/h5,8,10H,3-4,6-7H2,1-2H3,(H,13,17)/t10-/m0/s1. The van der Waals surface area contributed by atoms with Crippen LogP contribution >= 0.6 is 0 Å². The van der Waals surface area contributed by atoms with Crippen molar-refractivity contribution >= 4 is 11.8 Å². The first kappa shape index (κ1) is 12.6. The summed E-state index contributed by atoms with van der Waals surface area (Å²) < 4.78 is 1.72. The molecule has 0 aromatic carbocycles. The zero-order chi connectivity index (χ0) is 13.1. The normalized spacial score (nSPS) is 19.4. The van der Waals surface area contributed by atoms with Crippen molar-refractivity contribution in [2.75, 3.05) is 13.6 Å². The van der Waals surface area contributed by atoms with E-state index in [0.29, 0.717) is 25.9 Å². The highest BCUT2D eigenvalue weighted by molar-refractivity contribution is 5.83. The Bertz CT molecular complexity index is 445. The third-order valence-electron chi connectivity index (χ3n) is 3.17. The van der Waals surface area contributed by atoms with Gasteiger partial charge in [-0.05, 0) is 6.42 Å². The van der Waals surface area contributed by atoms with Crippen LogP contribution in [0, 0.1) is 5.92 Å². The number of piperidine rings is 1. The Kier molecular flexibility index (Phi) is 3.64. The lowest BCUT2D eigenvalue weighted by Gasteiger charge is -2.26. The predicted molar refractivity (Wildman–Crippen MR) is 65.4 cm³/mol. The number of carbonyl (C=O) groups excluding carboxylic acids is 2. The molecule has 1 aromatic heterocycles. The fourth-order valence-electron chi connectivity index (χ4n) is 2.16. The van der Waals surface area contributed by atoms with Crippen molar-refractivity contribution in [2.45, 2.75) is 19.4 Å². The number of carbonyl (C=O) groups is 2. The van der Waals surface area contributed by atoms with Gasteiger partial charge in [0.25, 0.3) is 0 Å². The molecule has 98 valence electrons. The Morgan fingerprint density at radius 2 is 2.44 bits per heavy atom. The van der Waals surface area contributed by atoms with E-state index in [1.807, 2.05) is 13.2 Å². The van der Waals surface area contributed by atoms with Gasteiger partial charge in [-0.25, -0.2) is 0 Å². The van der Waals surface area contributed by atoms with Crippen LogP contribution in [0.4, 0.5) is 0 Å². The summed E-state index contributed by atoms with van der Waals surface area (Å²) in [4.78, 5) is 24.9. The Labute approximate surface area is 106 Å². The monoisotopic (exact) mass is 250 g/mol. The molecule has 0 saturated carbocycles. The van der Waals surface area contributed by atoms with Gasteiger partial charge in [-0.2, -0.15) is 5.10 Å². The van der Waals surface area contributed by atoms with Gasteiger partial charge in [0.05, 0.1) is 12.1 Å². The van der Waals surface area contributed by atoms with E-state index in [1.165, 1.54) is 0 Å². The van der Waals surface area contributed by atoms with Crippen molar-refractivity contribution in [2.24, 2.45) is 13.0 Å². The summed E-state index contributed by atoms with van der Waals surface area (Å²) in [5.41, 5.74) is 1.01. The molecule has 0 unspecified atom stereocenters. The zero-order valence-electron chi connectivity index (χ0n) is 10.7. The van der Waals surface area contributed by atoms with E-state index < -0.39 is 0 Å². The maximum atomic E-state index is 12.2. The number of hydrogen-bond donors (Lipinski definition) is 1. The number of hydrogen-bond acceptors (Lipinski definition) is 3. The predicted octanol–water partition coefficient (Wildman–Crippen LogP) is -0.0953. The Hall–Kier alpha value is -1.85. The van der Waals surface area contributed by atoms with Crippen molar-refractivity contribution in [3.8, 4) is 0 Å². The quantitative estimate of drug-likeness (QED) is 0.815. The van der Waals surface area contributed by atoms with Crippen LogP contribution in [0.1, 0.15) is 18.4 Å². The van der Waals surface area contributed by atoms with E-state index in [1.54, 1.807) is 22.8 Å². The SMILES string of the molecule is CN(Cc1cnn(C)c1)C(=O)[C@H]1CCC(=O)NC1. The summed E-state index contributed by atoms with van der Waals surface area (Å²) in [6.45, 7) is 1.01. The van der Waals surface area contributed by atoms with E-state index in [9.17, 15) is 9.59 Å². The molecule has 2 rings (SSSR count). The molecule has 1 aromatic rings. The Balaban J connectivity index is 1.90. The molecule has 0 aliphatic carbocycles. The summed E-state index contributed by atoms with van der Waals surface area (Å²) >= 11 is 0. The third-order valence-corrected chi connectivity index (χ3v) is 3.17. The summed E-state index contributed by atoms with van der Waals surface area (Å²) in [7, 11) is 3.63. The zero-order valence-corrected chi connectivity index (χ0v) is 10.7. The van der Waals surface area contributed by atoms with Gasteiger partial charge in [0, 0.05) is 45.4 Å². The average Bonchev–Trinajstić information content (AvgIpc) is 2.75. The first-order valence-corrected chi connectivity index (χ1v) is 6.05. The molecule has 1 atom stereocenters. The van der Waals surface area contributed by atoms with Crippen molar-refractivity contribution in [3.05, 3.63) is 18.0 Å². The Morgan fingerprint density at radius 3 is 3.00 bits per heavy atom. The molecule has 0 spiro atoms. The molecule has 1 saturated heterocycles. The molecule has 2 heterocycles. The lowest BCUT2D eigenvalue weighted by molar-refractivity contribution is -0.136. The van der Waals surface area contributed by atoms with Crippen LogP contribution in [-0.2, 0) is 23.2 Å². The smallest absolute Gasteiger partial charge is 0.227 e. The van der Waals surface area contributed by atoms with Gasteiger partial charge in [-0.3, -0.25) is 14.3 Å². The molecule has 1 N–H and O–H groups in total. The van der Waals surface area contributed by atoms with E-state index in [4.69, 9.17) is 0 Å². The largest absolute Gasteiger partial charge is 0.355 e. The second-order valence-electron chi connectivity index (χ2n) is 4.76. The molecule has 18 heavy (non-hydrogen) atoms. The lowest BCUT2D eigenvalue weighted by atomic mass is 9.98. The summed E-state index contributed by atoms with van der Waals surface area (Å²) in [6, 6.07) is 0. The van der Waals surface area contributed by atoms with Crippen LogP contribution in [-0.4, -0.2) is 40.1 Å². The molecular formula is C12H18N4O2. The second-order valence-corrected chi connectivity index (χ2v) is 4.76. The molecule has 1 aliphatic rings. The van der Waals surface area contributed by atoms with E-state index in [2.05, 4.69) is 10.4 Å². The molecular weight excluding hydrogens is 232 g/mol. The maximum absolute atomic E-state index is 12.2. The van der Waals surface area contributed by atoms with Crippen LogP contribution in [0.5, 0.6) is 0 Å². The van der Waals surface area contributed by atoms with Gasteiger partial charge in [0.1, 0.15) is 0 Å². The lowest BCUT2D eigenvalue weighted by Crippen LogP contribution is -2.43. The van der Waals surface area contributed by atoms with Crippen molar-refractivity contribution in [1.29, 1.82) is 0 Å². The number of nitrogens with one attached hydrogen (secondary N) is 1. The first-order chi connectivity index (χ1) is 8.56. The molecule has 6 nitrogen and oxygen atoms in total. The Morgan fingerprint density at radius 1 is 1.67 bits per heavy atom. The van der Waals surface area contributed by atoms with Crippen LogP contribution in [0.25, 0.3) is 0 Å². The highest BCUT2D eigenvalue weighted by Gasteiger charge is 2.26. The van der Waals surface area contributed by atoms with Crippen molar-refractivity contribution in [1.82, 2.24) is 20.0 Å². The first-order valence-electron chi connectivity index (χ1n) is 6.05. The molecule has 0 radical (unpaired) electrons. The van der Waals surface area contributed by atoms with Gasteiger partial charge < -0.3 is 10.2 Å². The number of amides is 2. The molecule has 2 amide bonds. The number of nitrogens with zero attached hydrogens (tertiary/aromatic N) is 3. The fraction of sp³-hybridized carbons (Fsp3) is 0.583. The highest BCUT2D eigenvalue weighted by atomic mass is 16.2. The number of aryl methyl sites for hydroxylation is 1. The number of aromatic nitrogens is 2. The van der Waals surface area contributed by atoms with Gasteiger partial charge in [0.2, 0.25) is 11.8 Å². The van der Waals surface area contributed by atoms with Gasteiger partial charge in [-0.1, -0.05) is 0 Å². The summed E-state index contributed by atoms with van der Waals surface area (Å²) in [5.74, 6) is 0.0252. The van der Waals surface area contributed by atoms with Crippen LogP contribution < -0.4 is 5.32 Å². The topological polar surface area (TPSA) is 67.2 Å². The van der Waals surface area contributed by atoms with Gasteiger partial charge in [-0.15, -0.1) is 0 Å². The fourth-order valence-corrected chi connectivity index (χ4v) is 2.16. The van der Waals surface area contributed by atoms with Gasteiger partial charge in [0.15, 0.2) is 0 Å².